The van der Waals surface area contributed by atoms with Gasteiger partial charge in [0.1, 0.15) is 12.9 Å². The van der Waals surface area contributed by atoms with Gasteiger partial charge in [0.05, 0.1) is 18.4 Å². The summed E-state index contributed by atoms with van der Waals surface area (Å²) in [6.45, 7) is -1.32. The molecule has 37 heavy (non-hydrogen) atoms. The third-order valence-corrected chi connectivity index (χ3v) is 5.62. The Labute approximate surface area is 211 Å². The molecule has 4 rings (SSSR count). The summed E-state index contributed by atoms with van der Waals surface area (Å²) >= 11 is 5.90. The van der Waals surface area contributed by atoms with Crippen molar-refractivity contribution >= 4 is 17.5 Å². The van der Waals surface area contributed by atoms with E-state index in [4.69, 9.17) is 17.3 Å². The highest BCUT2D eigenvalue weighted by atomic mass is 35.5. The standard InChI is InChI=1S/C22H20ClF3N8O3/c23-15-4-1-14(2-5-15)20-31-33(21(37)32(20)10-17(35)22(24,25)26)11-19-29-12-34(30-19)16-9-28-8-7-13(16)3-6-18(27)36/h1-2,4-5,7-9,12,17,35H,3,6,10-11H2,(H2,27,36)/t17-/m0/s1. The molecule has 0 unspecified atom stereocenters. The topological polar surface area (TPSA) is 147 Å². The van der Waals surface area contributed by atoms with Crippen LogP contribution in [0.5, 0.6) is 0 Å². The summed E-state index contributed by atoms with van der Waals surface area (Å²) < 4.78 is 42.2. The van der Waals surface area contributed by atoms with Crippen molar-refractivity contribution in [3.05, 3.63) is 75.9 Å². The SMILES string of the molecule is NC(=O)CCc1ccncc1-n1cnc(Cn2nc(-c3ccc(Cl)cc3)n(C[C@H](O)C(F)(F)F)c2=O)n1. The Morgan fingerprint density at radius 1 is 1.16 bits per heavy atom. The number of primary amides is 1. The maximum absolute atomic E-state index is 13.0. The van der Waals surface area contributed by atoms with Crippen LogP contribution in [0.25, 0.3) is 17.1 Å². The molecule has 0 aliphatic carbocycles. The Morgan fingerprint density at radius 3 is 2.57 bits per heavy atom. The first-order valence-corrected chi connectivity index (χ1v) is 11.2. The lowest BCUT2D eigenvalue weighted by atomic mass is 10.1. The van der Waals surface area contributed by atoms with Gasteiger partial charge in [-0.2, -0.15) is 13.2 Å². The van der Waals surface area contributed by atoms with E-state index in [0.717, 1.165) is 14.8 Å². The number of alkyl halides is 3. The molecule has 0 aliphatic heterocycles. The zero-order valence-electron chi connectivity index (χ0n) is 19.0. The number of hydrogen-bond donors (Lipinski definition) is 2. The number of nitrogens with two attached hydrogens (primary N) is 1. The minimum absolute atomic E-state index is 0.0922. The van der Waals surface area contributed by atoms with E-state index >= 15 is 0 Å². The first-order valence-electron chi connectivity index (χ1n) is 10.8. The molecular weight excluding hydrogens is 517 g/mol. The van der Waals surface area contributed by atoms with Crippen molar-refractivity contribution in [3.63, 3.8) is 0 Å². The second-order valence-electron chi connectivity index (χ2n) is 8.01. The number of halogens is 4. The number of carbonyl (C=O) groups excluding carboxylic acids is 1. The fourth-order valence-corrected chi connectivity index (χ4v) is 3.63. The molecule has 3 N–H and O–H groups in total. The van der Waals surface area contributed by atoms with Crippen LogP contribution >= 0.6 is 11.6 Å². The van der Waals surface area contributed by atoms with Gasteiger partial charge in [-0.25, -0.2) is 19.1 Å². The Morgan fingerprint density at radius 2 is 1.89 bits per heavy atom. The molecule has 11 nitrogen and oxygen atoms in total. The van der Waals surface area contributed by atoms with Gasteiger partial charge in [-0.3, -0.25) is 14.3 Å². The normalized spacial score (nSPS) is 12.6. The summed E-state index contributed by atoms with van der Waals surface area (Å²) in [5.74, 6) is -0.426. The number of rotatable bonds is 9. The van der Waals surface area contributed by atoms with Gasteiger partial charge in [0.2, 0.25) is 5.91 Å². The third-order valence-electron chi connectivity index (χ3n) is 5.36. The lowest BCUT2D eigenvalue weighted by Crippen LogP contribution is -2.37. The van der Waals surface area contributed by atoms with E-state index in [1.807, 2.05) is 0 Å². The molecule has 15 heteroatoms. The number of aromatic nitrogens is 7. The summed E-state index contributed by atoms with van der Waals surface area (Å²) in [5, 5.41) is 18.5. The van der Waals surface area contributed by atoms with Crippen molar-refractivity contribution < 1.29 is 23.1 Å². The molecule has 194 valence electrons. The largest absolute Gasteiger partial charge is 0.416 e. The second-order valence-corrected chi connectivity index (χ2v) is 8.45. The summed E-state index contributed by atoms with van der Waals surface area (Å²) in [7, 11) is 0. The molecule has 0 saturated carbocycles. The molecule has 4 aromatic rings. The molecule has 0 fully saturated rings. The van der Waals surface area contributed by atoms with Crippen molar-refractivity contribution in [2.24, 2.45) is 5.73 Å². The maximum Gasteiger partial charge on any atom is 0.416 e. The highest BCUT2D eigenvalue weighted by molar-refractivity contribution is 6.30. The van der Waals surface area contributed by atoms with Gasteiger partial charge in [-0.1, -0.05) is 11.6 Å². The van der Waals surface area contributed by atoms with Crippen LogP contribution in [0.2, 0.25) is 5.02 Å². The van der Waals surface area contributed by atoms with Crippen LogP contribution in [0.4, 0.5) is 13.2 Å². The number of carbonyl (C=O) groups is 1. The van der Waals surface area contributed by atoms with Crippen LogP contribution in [-0.4, -0.2) is 57.4 Å². The highest BCUT2D eigenvalue weighted by Crippen LogP contribution is 2.24. The number of nitrogens with zero attached hydrogens (tertiary/aromatic N) is 7. The first-order chi connectivity index (χ1) is 17.5. The van der Waals surface area contributed by atoms with Gasteiger partial charge in [0.25, 0.3) is 0 Å². The fraction of sp³-hybridized carbons (Fsp3) is 0.273. The van der Waals surface area contributed by atoms with Gasteiger partial charge in [-0.15, -0.1) is 10.2 Å². The quantitative estimate of drug-likeness (QED) is 0.331. The van der Waals surface area contributed by atoms with Gasteiger partial charge in [0.15, 0.2) is 17.8 Å². The molecule has 1 aromatic carbocycles. The third kappa shape index (κ3) is 6.03. The minimum atomic E-state index is -4.94. The van der Waals surface area contributed by atoms with E-state index in [1.165, 1.54) is 41.5 Å². The van der Waals surface area contributed by atoms with Crippen LogP contribution in [0.1, 0.15) is 17.8 Å². The van der Waals surface area contributed by atoms with E-state index in [9.17, 15) is 27.9 Å². The van der Waals surface area contributed by atoms with Gasteiger partial charge >= 0.3 is 11.9 Å². The highest BCUT2D eigenvalue weighted by Gasteiger charge is 2.39. The lowest BCUT2D eigenvalue weighted by Gasteiger charge is -2.15. The Kier molecular flexibility index (Phi) is 7.40. The fourth-order valence-electron chi connectivity index (χ4n) is 3.51. The molecule has 0 spiro atoms. The summed E-state index contributed by atoms with van der Waals surface area (Å²) in [6.07, 6.45) is -2.81. The average molecular weight is 537 g/mol. The van der Waals surface area contributed by atoms with Crippen molar-refractivity contribution in [2.45, 2.75) is 38.2 Å². The summed E-state index contributed by atoms with van der Waals surface area (Å²) in [5.41, 5.74) is 5.93. The van der Waals surface area contributed by atoms with Gasteiger partial charge < -0.3 is 10.8 Å². The van der Waals surface area contributed by atoms with Crippen molar-refractivity contribution in [3.8, 4) is 17.1 Å². The number of pyridine rings is 1. The zero-order valence-corrected chi connectivity index (χ0v) is 19.8. The smallest absolute Gasteiger partial charge is 0.382 e. The number of aliphatic hydroxyl groups is 1. The second kappa shape index (κ2) is 10.5. The van der Waals surface area contributed by atoms with E-state index in [-0.39, 0.29) is 24.6 Å². The maximum atomic E-state index is 13.0. The number of amides is 1. The Balaban J connectivity index is 1.66. The average Bonchev–Trinajstić information content (AvgIpc) is 3.43. The molecular formula is C22H20ClF3N8O3. The Bertz CT molecular complexity index is 1460. The predicted molar refractivity (Wildman–Crippen MR) is 125 cm³/mol. The number of benzene rings is 1. The molecule has 0 bridgehead atoms. The lowest BCUT2D eigenvalue weighted by molar-refractivity contribution is -0.207. The zero-order chi connectivity index (χ0) is 26.7. The van der Waals surface area contributed by atoms with Crippen LogP contribution in [0, 0.1) is 0 Å². The number of aryl methyl sites for hydroxylation is 1. The minimum Gasteiger partial charge on any atom is -0.382 e. The predicted octanol–water partition coefficient (Wildman–Crippen LogP) is 1.73. The van der Waals surface area contributed by atoms with E-state index in [1.54, 1.807) is 12.3 Å². The van der Waals surface area contributed by atoms with E-state index in [0.29, 0.717) is 22.7 Å². The van der Waals surface area contributed by atoms with Gasteiger partial charge in [-0.05, 0) is 42.3 Å². The molecule has 0 radical (unpaired) electrons. The van der Waals surface area contributed by atoms with E-state index in [2.05, 4.69) is 20.2 Å². The van der Waals surface area contributed by atoms with Crippen molar-refractivity contribution in [1.29, 1.82) is 0 Å². The van der Waals surface area contributed by atoms with Crippen LogP contribution in [0.3, 0.4) is 0 Å². The molecule has 0 aliphatic rings. The van der Waals surface area contributed by atoms with Crippen LogP contribution < -0.4 is 11.4 Å². The number of aliphatic hydroxyl groups excluding tert-OH is 1. The first kappa shape index (κ1) is 26.0. The number of hydrogen-bond acceptors (Lipinski definition) is 7. The Hall–Kier alpha value is -4.04. The van der Waals surface area contributed by atoms with Crippen molar-refractivity contribution in [1.82, 2.24) is 34.1 Å². The summed E-state index contributed by atoms with van der Waals surface area (Å²) in [6, 6.07) is 7.69. The monoisotopic (exact) mass is 536 g/mol. The van der Waals surface area contributed by atoms with Gasteiger partial charge in [0, 0.05) is 23.2 Å². The molecule has 3 heterocycles. The summed E-state index contributed by atoms with van der Waals surface area (Å²) in [4.78, 5) is 32.4. The molecule has 1 amide bonds. The van der Waals surface area contributed by atoms with E-state index < -0.39 is 30.4 Å². The van der Waals surface area contributed by atoms with Crippen LogP contribution in [0.15, 0.2) is 53.8 Å². The molecule has 1 atom stereocenters. The molecule has 3 aromatic heterocycles. The van der Waals surface area contributed by atoms with Crippen LogP contribution in [-0.2, 0) is 24.3 Å². The molecule has 0 saturated heterocycles. The van der Waals surface area contributed by atoms with Crippen molar-refractivity contribution in [2.75, 3.05) is 0 Å².